The normalized spacial score (nSPS) is 11.6. The summed E-state index contributed by atoms with van der Waals surface area (Å²) in [6, 6.07) is 5.88. The molecule has 1 rings (SSSR count). The monoisotopic (exact) mass is 284 g/mol. The lowest BCUT2D eigenvalue weighted by atomic mass is 10.2. The standard InChI is InChI=1S/C14H24O4Si/c1-6-16-19(17-7-2,18-8-3)14-11-9-10-13(15-5)12(14)4/h9-11H,6-8H2,1-5H3. The zero-order chi connectivity index (χ0) is 14.3. The van der Waals surface area contributed by atoms with Crippen LogP contribution in [0.25, 0.3) is 0 Å². The summed E-state index contributed by atoms with van der Waals surface area (Å²) < 4.78 is 23.1. The van der Waals surface area contributed by atoms with Crippen LogP contribution in [0.3, 0.4) is 0 Å². The lowest BCUT2D eigenvalue weighted by Crippen LogP contribution is -2.57. The Morgan fingerprint density at radius 2 is 1.47 bits per heavy atom. The van der Waals surface area contributed by atoms with Crippen LogP contribution < -0.4 is 9.92 Å². The molecule has 0 aliphatic carbocycles. The van der Waals surface area contributed by atoms with Crippen molar-refractivity contribution in [2.45, 2.75) is 27.7 Å². The number of methoxy groups -OCH3 is 1. The Morgan fingerprint density at radius 1 is 0.947 bits per heavy atom. The second-order valence-electron chi connectivity index (χ2n) is 3.99. The average Bonchev–Trinajstić information content (AvgIpc) is 2.39. The Bertz CT molecular complexity index is 378. The molecule has 0 aromatic heterocycles. The van der Waals surface area contributed by atoms with Gasteiger partial charge in [-0.05, 0) is 39.3 Å². The molecule has 0 aliphatic rings. The van der Waals surface area contributed by atoms with Crippen LogP contribution >= 0.6 is 0 Å². The van der Waals surface area contributed by atoms with Gasteiger partial charge in [0.25, 0.3) is 0 Å². The average molecular weight is 284 g/mol. The Kier molecular flexibility index (Phi) is 6.51. The highest BCUT2D eigenvalue weighted by molar-refractivity contribution is 6.75. The first-order valence-electron chi connectivity index (χ1n) is 6.71. The minimum absolute atomic E-state index is 0.558. The lowest BCUT2D eigenvalue weighted by molar-refractivity contribution is 0.0857. The van der Waals surface area contributed by atoms with E-state index in [1.807, 2.05) is 45.9 Å². The van der Waals surface area contributed by atoms with E-state index in [0.29, 0.717) is 19.8 Å². The summed E-state index contributed by atoms with van der Waals surface area (Å²) in [6.45, 7) is 9.54. The molecule has 108 valence electrons. The van der Waals surface area contributed by atoms with Crippen molar-refractivity contribution in [2.75, 3.05) is 26.9 Å². The van der Waals surface area contributed by atoms with Crippen LogP contribution in [-0.4, -0.2) is 35.7 Å². The molecule has 0 heterocycles. The first-order valence-corrected chi connectivity index (χ1v) is 8.43. The van der Waals surface area contributed by atoms with Crippen LogP contribution in [0.15, 0.2) is 18.2 Å². The number of ether oxygens (including phenoxy) is 1. The molecule has 1 aromatic carbocycles. The van der Waals surface area contributed by atoms with Gasteiger partial charge in [0.1, 0.15) is 5.75 Å². The summed E-state index contributed by atoms with van der Waals surface area (Å²) in [6.07, 6.45) is 0. The van der Waals surface area contributed by atoms with Gasteiger partial charge in [0.15, 0.2) is 0 Å². The van der Waals surface area contributed by atoms with Crippen molar-refractivity contribution in [2.24, 2.45) is 0 Å². The van der Waals surface area contributed by atoms with Crippen LogP contribution in [0.5, 0.6) is 5.75 Å². The van der Waals surface area contributed by atoms with E-state index in [0.717, 1.165) is 16.5 Å². The van der Waals surface area contributed by atoms with Gasteiger partial charge in [0.05, 0.1) is 7.11 Å². The molecule has 19 heavy (non-hydrogen) atoms. The van der Waals surface area contributed by atoms with Crippen LogP contribution in [0.1, 0.15) is 26.3 Å². The topological polar surface area (TPSA) is 36.9 Å². The van der Waals surface area contributed by atoms with E-state index in [9.17, 15) is 0 Å². The number of hydrogen-bond donors (Lipinski definition) is 0. The molecule has 0 aliphatic heterocycles. The lowest BCUT2D eigenvalue weighted by Gasteiger charge is -2.30. The van der Waals surface area contributed by atoms with E-state index in [1.165, 1.54) is 0 Å². The zero-order valence-electron chi connectivity index (χ0n) is 12.5. The van der Waals surface area contributed by atoms with Gasteiger partial charge in [0.2, 0.25) is 0 Å². The third kappa shape index (κ3) is 3.57. The molecule has 0 spiro atoms. The van der Waals surface area contributed by atoms with E-state index in [4.69, 9.17) is 18.0 Å². The number of hydrogen-bond acceptors (Lipinski definition) is 4. The molecule has 0 radical (unpaired) electrons. The Labute approximate surface area is 117 Å². The van der Waals surface area contributed by atoms with Gasteiger partial charge in [-0.15, -0.1) is 0 Å². The Hall–Kier alpha value is -0.883. The molecular formula is C14H24O4Si. The Balaban J connectivity index is 3.29. The van der Waals surface area contributed by atoms with Crippen molar-refractivity contribution >= 4 is 14.0 Å². The zero-order valence-corrected chi connectivity index (χ0v) is 13.5. The molecule has 0 saturated heterocycles. The highest BCUT2D eigenvalue weighted by atomic mass is 28.4. The van der Waals surface area contributed by atoms with E-state index in [2.05, 4.69) is 0 Å². The third-order valence-electron chi connectivity index (χ3n) is 2.84. The van der Waals surface area contributed by atoms with E-state index >= 15 is 0 Å². The molecule has 1 aromatic rings. The van der Waals surface area contributed by atoms with Gasteiger partial charge in [0, 0.05) is 25.0 Å². The summed E-state index contributed by atoms with van der Waals surface area (Å²) in [7, 11) is -1.18. The molecule has 4 nitrogen and oxygen atoms in total. The fourth-order valence-electron chi connectivity index (χ4n) is 2.10. The molecule has 0 amide bonds. The number of rotatable bonds is 8. The molecule has 0 fully saturated rings. The van der Waals surface area contributed by atoms with Gasteiger partial charge >= 0.3 is 8.80 Å². The van der Waals surface area contributed by atoms with Gasteiger partial charge in [-0.2, -0.15) is 0 Å². The summed E-state index contributed by atoms with van der Waals surface area (Å²) in [5.41, 5.74) is 1.02. The van der Waals surface area contributed by atoms with E-state index in [1.54, 1.807) is 7.11 Å². The quantitative estimate of drug-likeness (QED) is 0.686. The van der Waals surface area contributed by atoms with Crippen LogP contribution in [0.4, 0.5) is 0 Å². The minimum Gasteiger partial charge on any atom is -0.496 e. The van der Waals surface area contributed by atoms with Gasteiger partial charge in [-0.3, -0.25) is 0 Å². The maximum Gasteiger partial charge on any atom is 0.537 e. The summed E-state index contributed by atoms with van der Waals surface area (Å²) >= 11 is 0. The van der Waals surface area contributed by atoms with Crippen molar-refractivity contribution in [1.82, 2.24) is 0 Å². The number of benzene rings is 1. The Morgan fingerprint density at radius 3 is 1.89 bits per heavy atom. The molecule has 0 bridgehead atoms. The third-order valence-corrected chi connectivity index (χ3v) is 6.04. The molecule has 0 N–H and O–H groups in total. The maximum atomic E-state index is 5.92. The second kappa shape index (κ2) is 7.64. The van der Waals surface area contributed by atoms with Crippen molar-refractivity contribution < 1.29 is 18.0 Å². The molecule has 0 unspecified atom stereocenters. The molecule has 0 atom stereocenters. The van der Waals surface area contributed by atoms with Crippen molar-refractivity contribution in [3.8, 4) is 5.75 Å². The molecule has 5 heteroatoms. The fraction of sp³-hybridized carbons (Fsp3) is 0.571. The van der Waals surface area contributed by atoms with Crippen molar-refractivity contribution in [3.05, 3.63) is 23.8 Å². The predicted octanol–water partition coefficient (Wildman–Crippen LogP) is 2.26. The van der Waals surface area contributed by atoms with Crippen LogP contribution in [0, 0.1) is 6.92 Å². The molecule has 0 saturated carbocycles. The molecular weight excluding hydrogens is 260 g/mol. The van der Waals surface area contributed by atoms with E-state index < -0.39 is 8.80 Å². The summed E-state index contributed by atoms with van der Waals surface area (Å²) in [4.78, 5) is 0. The van der Waals surface area contributed by atoms with E-state index in [-0.39, 0.29) is 0 Å². The SMILES string of the molecule is CCO[Si](OCC)(OCC)c1cccc(OC)c1C. The summed E-state index contributed by atoms with van der Waals surface area (Å²) in [5, 5.41) is 0.984. The maximum absolute atomic E-state index is 5.92. The predicted molar refractivity (Wildman–Crippen MR) is 78.0 cm³/mol. The minimum atomic E-state index is -2.84. The largest absolute Gasteiger partial charge is 0.537 e. The smallest absolute Gasteiger partial charge is 0.496 e. The van der Waals surface area contributed by atoms with Gasteiger partial charge in [-0.1, -0.05) is 12.1 Å². The van der Waals surface area contributed by atoms with Crippen LogP contribution in [0.2, 0.25) is 0 Å². The highest BCUT2D eigenvalue weighted by Crippen LogP contribution is 2.20. The van der Waals surface area contributed by atoms with Gasteiger partial charge in [-0.25, -0.2) is 0 Å². The summed E-state index contributed by atoms with van der Waals surface area (Å²) in [5.74, 6) is 0.827. The van der Waals surface area contributed by atoms with Gasteiger partial charge < -0.3 is 18.0 Å². The van der Waals surface area contributed by atoms with Crippen molar-refractivity contribution in [3.63, 3.8) is 0 Å². The highest BCUT2D eigenvalue weighted by Gasteiger charge is 2.44. The van der Waals surface area contributed by atoms with Crippen LogP contribution in [-0.2, 0) is 13.3 Å². The second-order valence-corrected chi connectivity index (χ2v) is 6.51. The fourth-order valence-corrected chi connectivity index (χ4v) is 4.84. The first-order chi connectivity index (χ1) is 9.15. The first kappa shape index (κ1) is 16.2. The van der Waals surface area contributed by atoms with Crippen molar-refractivity contribution in [1.29, 1.82) is 0 Å².